The number of thiophene rings is 1. The molecular weight excluding hydrogens is 256 g/mol. The van der Waals surface area contributed by atoms with E-state index < -0.39 is 0 Å². The number of hydrogen-bond donors (Lipinski definition) is 1. The van der Waals surface area contributed by atoms with Gasteiger partial charge in [0.15, 0.2) is 0 Å². The molecule has 1 fully saturated rings. The lowest BCUT2D eigenvalue weighted by molar-refractivity contribution is -0.360. The summed E-state index contributed by atoms with van der Waals surface area (Å²) in [7, 11) is 0. The smallest absolute Gasteiger partial charge is 0.243 e. The Morgan fingerprint density at radius 1 is 1.53 bits per heavy atom. The molecule has 0 aromatic carbocycles. The molecule has 0 radical (unpaired) electrons. The summed E-state index contributed by atoms with van der Waals surface area (Å²) in [5, 5.41) is 1.76. The Bertz CT molecular complexity index is 406. The topological polar surface area (TPSA) is 65.0 Å². The van der Waals surface area contributed by atoms with Gasteiger partial charge in [-0.2, -0.15) is 0 Å². The minimum atomic E-state index is -0.191. The number of carbonyl (C=O) groups excluding carboxylic acids is 2. The lowest BCUT2D eigenvalue weighted by Gasteiger charge is -2.13. The maximum absolute atomic E-state index is 12.0. The number of imide groups is 1. The van der Waals surface area contributed by atoms with Crippen LogP contribution >= 0.6 is 23.1 Å². The van der Waals surface area contributed by atoms with Crippen molar-refractivity contribution in [3.05, 3.63) is 22.4 Å². The fraction of sp³-hybridized carbons (Fsp3) is 0.455. The van der Waals surface area contributed by atoms with E-state index in [-0.39, 0.29) is 17.1 Å². The number of amides is 2. The Balaban J connectivity index is 1.99. The number of likely N-dealkylation sites (tertiary alicyclic amines) is 1. The van der Waals surface area contributed by atoms with E-state index >= 15 is 0 Å². The number of hydrogen-bond acceptors (Lipinski definition) is 4. The summed E-state index contributed by atoms with van der Waals surface area (Å²) in [4.78, 5) is 26.2. The lowest BCUT2D eigenvalue weighted by Crippen LogP contribution is -2.51. The minimum absolute atomic E-state index is 0.0400. The third kappa shape index (κ3) is 2.88. The molecule has 1 atom stereocenters. The Labute approximate surface area is 108 Å². The van der Waals surface area contributed by atoms with Crippen molar-refractivity contribution in [1.82, 2.24) is 4.90 Å². The summed E-state index contributed by atoms with van der Waals surface area (Å²) in [6, 6.07) is 3.88. The van der Waals surface area contributed by atoms with Crippen LogP contribution in [0.25, 0.3) is 0 Å². The van der Waals surface area contributed by atoms with Crippen LogP contribution in [0.3, 0.4) is 0 Å². The predicted octanol–water partition coefficient (Wildman–Crippen LogP) is 0.351. The number of nitrogens with zero attached hydrogens (tertiary/aromatic N) is 1. The highest BCUT2D eigenvalue weighted by Crippen LogP contribution is 2.26. The van der Waals surface area contributed by atoms with E-state index in [9.17, 15) is 9.59 Å². The average Bonchev–Trinajstić information content (AvgIpc) is 2.90. The van der Waals surface area contributed by atoms with Crippen molar-refractivity contribution in [1.29, 1.82) is 0 Å². The summed E-state index contributed by atoms with van der Waals surface area (Å²) >= 11 is 3.11. The average molecular weight is 271 g/mol. The molecule has 0 unspecified atom stereocenters. The molecule has 17 heavy (non-hydrogen) atoms. The molecule has 92 valence electrons. The normalized spacial score (nSPS) is 20.3. The molecule has 0 aliphatic carbocycles. The Morgan fingerprint density at radius 3 is 3.00 bits per heavy atom. The van der Waals surface area contributed by atoms with Crippen molar-refractivity contribution in [2.24, 2.45) is 0 Å². The molecule has 2 rings (SSSR count). The molecule has 2 amide bonds. The van der Waals surface area contributed by atoms with Crippen molar-refractivity contribution < 1.29 is 15.3 Å². The van der Waals surface area contributed by atoms with Gasteiger partial charge < -0.3 is 5.73 Å². The highest BCUT2D eigenvalue weighted by atomic mass is 32.2. The van der Waals surface area contributed by atoms with Crippen molar-refractivity contribution in [2.75, 3.05) is 12.3 Å². The summed E-state index contributed by atoms with van der Waals surface area (Å²) in [5.41, 5.74) is 3.74. The molecular formula is C11H15N2O2S2+. The molecule has 1 aromatic heterocycles. The zero-order chi connectivity index (χ0) is 12.3. The van der Waals surface area contributed by atoms with Crippen LogP contribution in [0.2, 0.25) is 0 Å². The van der Waals surface area contributed by atoms with Gasteiger partial charge in [0.05, 0.1) is 18.3 Å². The zero-order valence-electron chi connectivity index (χ0n) is 9.43. The molecule has 0 spiro atoms. The second-order valence-corrected chi connectivity index (χ2v) is 6.16. The van der Waals surface area contributed by atoms with Gasteiger partial charge >= 0.3 is 0 Å². The Hall–Kier alpha value is -0.850. The quantitative estimate of drug-likeness (QED) is 0.786. The van der Waals surface area contributed by atoms with Crippen molar-refractivity contribution in [2.45, 2.75) is 18.2 Å². The second-order valence-electron chi connectivity index (χ2n) is 3.81. The maximum Gasteiger partial charge on any atom is 0.243 e. The summed E-state index contributed by atoms with van der Waals surface area (Å²) < 4.78 is 0. The molecule has 0 saturated carbocycles. The minimum Gasteiger partial charge on any atom is -0.357 e. The number of quaternary nitrogens is 1. The van der Waals surface area contributed by atoms with Gasteiger partial charge in [0.1, 0.15) is 0 Å². The van der Waals surface area contributed by atoms with Gasteiger partial charge in [0.2, 0.25) is 11.8 Å². The van der Waals surface area contributed by atoms with E-state index in [0.717, 1.165) is 17.2 Å². The molecule has 1 aliphatic heterocycles. The first-order chi connectivity index (χ1) is 8.22. The van der Waals surface area contributed by atoms with Gasteiger partial charge in [-0.05, 0) is 11.4 Å². The predicted molar refractivity (Wildman–Crippen MR) is 68.5 cm³/mol. The van der Waals surface area contributed by atoms with Crippen LogP contribution in [-0.2, 0) is 16.1 Å². The maximum atomic E-state index is 12.0. The van der Waals surface area contributed by atoms with Gasteiger partial charge in [-0.3, -0.25) is 14.5 Å². The Kier molecular flexibility index (Phi) is 4.20. The van der Waals surface area contributed by atoms with Crippen LogP contribution in [0.5, 0.6) is 0 Å². The SMILES string of the molecule is [NH3+]CCS[C@@H]1CC(=O)N(Cc2cccs2)C1=O. The van der Waals surface area contributed by atoms with Gasteiger partial charge in [-0.15, -0.1) is 23.1 Å². The highest BCUT2D eigenvalue weighted by molar-refractivity contribution is 8.00. The first-order valence-corrected chi connectivity index (χ1v) is 7.42. The van der Waals surface area contributed by atoms with E-state index in [1.54, 1.807) is 23.1 Å². The van der Waals surface area contributed by atoms with E-state index in [0.29, 0.717) is 13.0 Å². The van der Waals surface area contributed by atoms with Crippen LogP contribution in [-0.4, -0.2) is 34.3 Å². The third-order valence-electron chi connectivity index (χ3n) is 2.56. The zero-order valence-corrected chi connectivity index (χ0v) is 11.1. The van der Waals surface area contributed by atoms with E-state index in [4.69, 9.17) is 0 Å². The number of thioether (sulfide) groups is 1. The van der Waals surface area contributed by atoms with Crippen LogP contribution in [0.15, 0.2) is 17.5 Å². The van der Waals surface area contributed by atoms with E-state index in [2.05, 4.69) is 5.73 Å². The van der Waals surface area contributed by atoms with Crippen molar-refractivity contribution >= 4 is 34.9 Å². The first kappa shape index (κ1) is 12.6. The van der Waals surface area contributed by atoms with Gasteiger partial charge in [0, 0.05) is 17.1 Å². The molecule has 1 aromatic rings. The fourth-order valence-electron chi connectivity index (χ4n) is 1.73. The molecule has 0 bridgehead atoms. The monoisotopic (exact) mass is 271 g/mol. The largest absolute Gasteiger partial charge is 0.357 e. The summed E-state index contributed by atoms with van der Waals surface area (Å²) in [6.07, 6.45) is 0.342. The summed E-state index contributed by atoms with van der Waals surface area (Å²) in [6.45, 7) is 1.21. The molecule has 2 heterocycles. The lowest BCUT2D eigenvalue weighted by atomic mass is 10.4. The van der Waals surface area contributed by atoms with Gasteiger partial charge in [-0.1, -0.05) is 6.07 Å². The van der Waals surface area contributed by atoms with Crippen LogP contribution in [0, 0.1) is 0 Å². The highest BCUT2D eigenvalue weighted by Gasteiger charge is 2.38. The van der Waals surface area contributed by atoms with E-state index in [1.165, 1.54) is 4.90 Å². The molecule has 1 aliphatic rings. The molecule has 3 N–H and O–H groups in total. The second kappa shape index (κ2) is 5.66. The fourth-order valence-corrected chi connectivity index (χ4v) is 3.41. The van der Waals surface area contributed by atoms with Crippen molar-refractivity contribution in [3.63, 3.8) is 0 Å². The standard InChI is InChI=1S/C11H14N2O2S2/c12-3-5-17-9-6-10(14)13(11(9)15)7-8-2-1-4-16-8/h1-2,4,9H,3,5-7,12H2/p+1/t9-/m1/s1. The number of carbonyl (C=O) groups is 2. The summed E-state index contributed by atoms with van der Waals surface area (Å²) in [5.74, 6) is 0.739. The Morgan fingerprint density at radius 2 is 2.35 bits per heavy atom. The van der Waals surface area contributed by atoms with Crippen molar-refractivity contribution in [3.8, 4) is 0 Å². The van der Waals surface area contributed by atoms with E-state index in [1.807, 2.05) is 17.5 Å². The molecule has 1 saturated heterocycles. The first-order valence-electron chi connectivity index (χ1n) is 5.50. The third-order valence-corrected chi connectivity index (χ3v) is 4.72. The number of rotatable bonds is 5. The van der Waals surface area contributed by atoms with Gasteiger partial charge in [-0.25, -0.2) is 0 Å². The van der Waals surface area contributed by atoms with Crippen LogP contribution in [0.1, 0.15) is 11.3 Å². The molecule has 6 heteroatoms. The van der Waals surface area contributed by atoms with Crippen LogP contribution < -0.4 is 5.73 Å². The molecule has 4 nitrogen and oxygen atoms in total. The van der Waals surface area contributed by atoms with Gasteiger partial charge in [0.25, 0.3) is 0 Å². The van der Waals surface area contributed by atoms with Crippen LogP contribution in [0.4, 0.5) is 0 Å².